The molecule has 0 saturated carbocycles. The van der Waals surface area contributed by atoms with Gasteiger partial charge in [0.1, 0.15) is 0 Å². The average Bonchev–Trinajstić information content (AvgIpc) is 2.58. The summed E-state index contributed by atoms with van der Waals surface area (Å²) in [6.45, 7) is 0.995. The maximum Gasteiger partial charge on any atom is 0.315 e. The van der Waals surface area contributed by atoms with Crippen LogP contribution in [0.2, 0.25) is 0 Å². The molecule has 0 unspecified atom stereocenters. The lowest BCUT2D eigenvalue weighted by Gasteiger charge is -2.10. The van der Waals surface area contributed by atoms with E-state index in [9.17, 15) is 9.90 Å². The Balaban J connectivity index is 1.66. The number of urea groups is 1. The largest absolute Gasteiger partial charge is 0.392 e. The number of hydrogen-bond acceptors (Lipinski definition) is 3. The lowest BCUT2D eigenvalue weighted by Crippen LogP contribution is -2.36. The fraction of sp³-hybridized carbons (Fsp3) is 0.235. The molecule has 0 spiro atoms. The topological polar surface area (TPSA) is 61.4 Å². The maximum absolute atomic E-state index is 11.7. The second-order valence-electron chi connectivity index (χ2n) is 4.70. The number of hydrogen-bond donors (Lipinski definition) is 3. The molecular weight excluding hydrogens is 296 g/mol. The Hall–Kier alpha value is -1.98. The predicted molar refractivity (Wildman–Crippen MR) is 89.8 cm³/mol. The third-order valence-corrected chi connectivity index (χ3v) is 4.14. The van der Waals surface area contributed by atoms with Crippen molar-refractivity contribution in [1.82, 2.24) is 10.6 Å². The van der Waals surface area contributed by atoms with Gasteiger partial charge in [-0.1, -0.05) is 42.5 Å². The summed E-state index contributed by atoms with van der Waals surface area (Å²) in [5.74, 6) is 0.824. The van der Waals surface area contributed by atoms with E-state index in [1.165, 1.54) is 4.90 Å². The van der Waals surface area contributed by atoms with E-state index in [-0.39, 0.29) is 12.6 Å². The molecule has 0 saturated heterocycles. The van der Waals surface area contributed by atoms with Crippen molar-refractivity contribution >= 4 is 17.8 Å². The van der Waals surface area contributed by atoms with E-state index in [2.05, 4.69) is 22.8 Å². The van der Waals surface area contributed by atoms with Gasteiger partial charge in [0.25, 0.3) is 0 Å². The van der Waals surface area contributed by atoms with Gasteiger partial charge in [0.15, 0.2) is 0 Å². The highest BCUT2D eigenvalue weighted by molar-refractivity contribution is 7.99. The van der Waals surface area contributed by atoms with E-state index in [0.717, 1.165) is 16.9 Å². The number of rotatable bonds is 7. The van der Waals surface area contributed by atoms with E-state index in [1.54, 1.807) is 11.8 Å². The van der Waals surface area contributed by atoms with Crippen LogP contribution in [0.3, 0.4) is 0 Å². The summed E-state index contributed by atoms with van der Waals surface area (Å²) < 4.78 is 0. The van der Waals surface area contributed by atoms with Gasteiger partial charge in [-0.25, -0.2) is 4.79 Å². The molecule has 3 N–H and O–H groups in total. The van der Waals surface area contributed by atoms with Gasteiger partial charge in [0, 0.05) is 23.7 Å². The highest BCUT2D eigenvalue weighted by Gasteiger charge is 2.03. The molecule has 22 heavy (non-hydrogen) atoms. The van der Waals surface area contributed by atoms with Gasteiger partial charge in [0.2, 0.25) is 0 Å². The molecule has 0 aromatic heterocycles. The molecular formula is C17H20N2O2S. The van der Waals surface area contributed by atoms with Gasteiger partial charge in [-0.05, 0) is 23.3 Å². The number of thioether (sulfide) groups is 1. The Morgan fingerprint density at radius 2 is 1.64 bits per heavy atom. The fourth-order valence-electron chi connectivity index (χ4n) is 1.97. The van der Waals surface area contributed by atoms with E-state index >= 15 is 0 Å². The lowest BCUT2D eigenvalue weighted by molar-refractivity contribution is 0.241. The molecule has 2 aromatic rings. The van der Waals surface area contributed by atoms with Gasteiger partial charge >= 0.3 is 6.03 Å². The van der Waals surface area contributed by atoms with Gasteiger partial charge < -0.3 is 15.7 Å². The highest BCUT2D eigenvalue weighted by Crippen LogP contribution is 2.15. The third kappa shape index (κ3) is 5.42. The minimum Gasteiger partial charge on any atom is -0.392 e. The molecule has 2 amide bonds. The first-order valence-corrected chi connectivity index (χ1v) is 8.15. The Kier molecular flexibility index (Phi) is 6.80. The summed E-state index contributed by atoms with van der Waals surface area (Å²) in [4.78, 5) is 12.9. The van der Waals surface area contributed by atoms with Crippen molar-refractivity contribution in [3.05, 3.63) is 65.7 Å². The van der Waals surface area contributed by atoms with Gasteiger partial charge in [-0.3, -0.25) is 0 Å². The molecule has 116 valence electrons. The third-order valence-electron chi connectivity index (χ3n) is 3.13. The van der Waals surface area contributed by atoms with Crippen molar-refractivity contribution in [2.24, 2.45) is 0 Å². The molecule has 0 radical (unpaired) electrons. The number of carbonyl (C=O) groups is 1. The molecule has 0 aliphatic carbocycles. The quantitative estimate of drug-likeness (QED) is 0.544. The molecule has 0 fully saturated rings. The predicted octanol–water partition coefficient (Wildman–Crippen LogP) is 2.77. The molecule has 0 bridgehead atoms. The SMILES string of the molecule is O=C(NCCSc1ccccc1)NCc1ccccc1CO. The fourth-order valence-corrected chi connectivity index (χ4v) is 2.76. The first kappa shape index (κ1) is 16.4. The van der Waals surface area contributed by atoms with Crippen LogP contribution < -0.4 is 10.6 Å². The molecule has 4 nitrogen and oxygen atoms in total. The van der Waals surface area contributed by atoms with Crippen LogP contribution in [-0.4, -0.2) is 23.4 Å². The molecule has 2 aromatic carbocycles. The Labute approximate surface area is 134 Å². The van der Waals surface area contributed by atoms with Crippen LogP contribution in [0.25, 0.3) is 0 Å². The second kappa shape index (κ2) is 9.12. The van der Waals surface area contributed by atoms with Crippen LogP contribution in [0.15, 0.2) is 59.5 Å². The van der Waals surface area contributed by atoms with Crippen LogP contribution >= 0.6 is 11.8 Å². The molecule has 2 rings (SSSR count). The molecule has 5 heteroatoms. The smallest absolute Gasteiger partial charge is 0.315 e. The first-order chi connectivity index (χ1) is 10.8. The van der Waals surface area contributed by atoms with E-state index in [4.69, 9.17) is 0 Å². The first-order valence-electron chi connectivity index (χ1n) is 7.17. The van der Waals surface area contributed by atoms with Crippen molar-refractivity contribution < 1.29 is 9.90 Å². The zero-order chi connectivity index (χ0) is 15.6. The number of benzene rings is 2. The summed E-state index contributed by atoms with van der Waals surface area (Å²) in [7, 11) is 0. The summed E-state index contributed by atoms with van der Waals surface area (Å²) in [5.41, 5.74) is 1.77. The number of carbonyl (C=O) groups excluding carboxylic acids is 1. The van der Waals surface area contributed by atoms with Crippen molar-refractivity contribution in [3.63, 3.8) is 0 Å². The van der Waals surface area contributed by atoms with Crippen LogP contribution in [0.1, 0.15) is 11.1 Å². The zero-order valence-corrected chi connectivity index (χ0v) is 13.1. The summed E-state index contributed by atoms with van der Waals surface area (Å²) in [6, 6.07) is 17.4. The number of nitrogens with one attached hydrogen (secondary N) is 2. The highest BCUT2D eigenvalue weighted by atomic mass is 32.2. The van der Waals surface area contributed by atoms with E-state index in [0.29, 0.717) is 13.1 Å². The van der Waals surface area contributed by atoms with Crippen LogP contribution in [0.5, 0.6) is 0 Å². The monoisotopic (exact) mass is 316 g/mol. The Morgan fingerprint density at radius 1 is 0.955 bits per heavy atom. The molecule has 0 aliphatic heterocycles. The van der Waals surface area contributed by atoms with Crippen LogP contribution in [0.4, 0.5) is 4.79 Å². The summed E-state index contributed by atoms with van der Waals surface area (Å²) in [6.07, 6.45) is 0. The van der Waals surface area contributed by atoms with Crippen LogP contribution in [0, 0.1) is 0 Å². The Morgan fingerprint density at radius 3 is 2.36 bits per heavy atom. The van der Waals surface area contributed by atoms with Crippen molar-refractivity contribution in [3.8, 4) is 0 Å². The molecule has 0 aliphatic rings. The number of aliphatic hydroxyl groups excluding tert-OH is 1. The van der Waals surface area contributed by atoms with E-state index in [1.807, 2.05) is 42.5 Å². The molecule has 0 atom stereocenters. The van der Waals surface area contributed by atoms with Crippen LogP contribution in [-0.2, 0) is 13.2 Å². The van der Waals surface area contributed by atoms with Gasteiger partial charge in [0.05, 0.1) is 6.61 Å². The van der Waals surface area contributed by atoms with E-state index < -0.39 is 0 Å². The number of aliphatic hydroxyl groups is 1. The lowest BCUT2D eigenvalue weighted by atomic mass is 10.1. The van der Waals surface area contributed by atoms with Crippen molar-refractivity contribution in [2.45, 2.75) is 18.0 Å². The second-order valence-corrected chi connectivity index (χ2v) is 5.87. The maximum atomic E-state index is 11.7. The normalized spacial score (nSPS) is 10.2. The van der Waals surface area contributed by atoms with Crippen molar-refractivity contribution in [1.29, 1.82) is 0 Å². The molecule has 0 heterocycles. The van der Waals surface area contributed by atoms with Crippen molar-refractivity contribution in [2.75, 3.05) is 12.3 Å². The van der Waals surface area contributed by atoms with Gasteiger partial charge in [-0.2, -0.15) is 0 Å². The number of amides is 2. The minimum absolute atomic E-state index is 0.0206. The summed E-state index contributed by atoms with van der Waals surface area (Å²) >= 11 is 1.71. The average molecular weight is 316 g/mol. The standard InChI is InChI=1S/C17H20N2O2S/c20-13-15-7-5-4-6-14(15)12-19-17(21)18-10-11-22-16-8-2-1-3-9-16/h1-9,20H,10-13H2,(H2,18,19,21). The van der Waals surface area contributed by atoms with Gasteiger partial charge in [-0.15, -0.1) is 11.8 Å². The Bertz CT molecular complexity index is 590. The minimum atomic E-state index is -0.193. The zero-order valence-electron chi connectivity index (χ0n) is 12.3. The summed E-state index contributed by atoms with van der Waals surface area (Å²) in [5, 5.41) is 14.9.